The van der Waals surface area contributed by atoms with Crippen molar-refractivity contribution in [2.24, 2.45) is 0 Å². The Morgan fingerprint density at radius 1 is 1.24 bits per heavy atom. The predicted molar refractivity (Wildman–Crippen MR) is 85.8 cm³/mol. The van der Waals surface area contributed by atoms with Crippen LogP contribution < -0.4 is 0 Å². The molecule has 1 aromatic carbocycles. The molecule has 2 N–H and O–H groups in total. The molecule has 0 saturated carbocycles. The fourth-order valence-corrected chi connectivity index (χ4v) is 4.29. The largest absolute Gasteiger partial charge is 0.508 e. The van der Waals surface area contributed by atoms with Gasteiger partial charge in [-0.2, -0.15) is 0 Å². The van der Waals surface area contributed by atoms with Crippen LogP contribution in [0.4, 0.5) is 0 Å². The molecule has 1 aromatic heterocycles. The Morgan fingerprint density at radius 2 is 1.95 bits per heavy atom. The first-order valence-electron chi connectivity index (χ1n) is 6.24. The minimum atomic E-state index is -0.213. The number of hydrogen-bond acceptors (Lipinski definition) is 8. The molecule has 8 heteroatoms. The number of ketones is 1. The summed E-state index contributed by atoms with van der Waals surface area (Å²) < 4.78 is 1.64. The maximum absolute atomic E-state index is 12.0. The highest BCUT2D eigenvalue weighted by atomic mass is 32.2. The quantitative estimate of drug-likeness (QED) is 0.589. The molecular weight excluding hydrogens is 328 g/mol. The maximum Gasteiger partial charge on any atom is 0.176 e. The number of aromatic nitrogens is 2. The van der Waals surface area contributed by atoms with Crippen molar-refractivity contribution in [1.29, 1.82) is 0 Å². The van der Waals surface area contributed by atoms with Gasteiger partial charge in [0.05, 0.1) is 11.3 Å². The normalized spacial score (nSPS) is 10.7. The summed E-state index contributed by atoms with van der Waals surface area (Å²) in [4.78, 5) is 12.0. The molecule has 0 aliphatic rings. The van der Waals surface area contributed by atoms with Crippen LogP contribution in [0.3, 0.4) is 0 Å². The van der Waals surface area contributed by atoms with Crippen molar-refractivity contribution in [1.82, 2.24) is 10.2 Å². The molecule has 0 saturated heterocycles. The van der Waals surface area contributed by atoms with E-state index >= 15 is 0 Å². The zero-order chi connectivity index (χ0) is 15.2. The summed E-state index contributed by atoms with van der Waals surface area (Å²) in [5.74, 6) is 0.677. The SMILES string of the molecule is CCCSc1nnc(SCC(=O)c2ccc(O)cc2O)s1. The minimum absolute atomic E-state index is 0.0709. The lowest BCUT2D eigenvalue weighted by molar-refractivity contribution is 0.102. The Bertz CT molecular complexity index is 631. The van der Waals surface area contributed by atoms with Crippen LogP contribution in [-0.4, -0.2) is 37.7 Å². The predicted octanol–water partition coefficient (Wildman–Crippen LogP) is 3.43. The third-order valence-electron chi connectivity index (χ3n) is 2.43. The third kappa shape index (κ3) is 4.62. The molecule has 21 heavy (non-hydrogen) atoms. The summed E-state index contributed by atoms with van der Waals surface area (Å²) in [6.07, 6.45) is 1.07. The lowest BCUT2D eigenvalue weighted by atomic mass is 10.1. The van der Waals surface area contributed by atoms with Crippen molar-refractivity contribution in [3.05, 3.63) is 23.8 Å². The summed E-state index contributed by atoms with van der Waals surface area (Å²) >= 11 is 4.42. The van der Waals surface area contributed by atoms with Gasteiger partial charge < -0.3 is 10.2 Å². The number of thioether (sulfide) groups is 2. The van der Waals surface area contributed by atoms with E-state index in [1.165, 1.54) is 35.2 Å². The molecule has 5 nitrogen and oxygen atoms in total. The number of hydrogen-bond donors (Lipinski definition) is 2. The van der Waals surface area contributed by atoms with E-state index in [1.807, 2.05) is 0 Å². The van der Waals surface area contributed by atoms with Crippen LogP contribution in [0, 0.1) is 0 Å². The zero-order valence-corrected chi connectivity index (χ0v) is 13.7. The average molecular weight is 342 g/mol. The molecule has 0 fully saturated rings. The Labute approximate surface area is 134 Å². The highest BCUT2D eigenvalue weighted by Gasteiger charge is 2.14. The topological polar surface area (TPSA) is 83.3 Å². The van der Waals surface area contributed by atoms with E-state index in [-0.39, 0.29) is 28.6 Å². The van der Waals surface area contributed by atoms with Crippen LogP contribution in [0.2, 0.25) is 0 Å². The van der Waals surface area contributed by atoms with Gasteiger partial charge in [-0.3, -0.25) is 4.79 Å². The number of Topliss-reactive ketones (excluding diaryl/α,β-unsaturated/α-hetero) is 1. The Kier molecular flexibility index (Phi) is 5.89. The van der Waals surface area contributed by atoms with Gasteiger partial charge in [-0.1, -0.05) is 41.8 Å². The first-order chi connectivity index (χ1) is 10.1. The van der Waals surface area contributed by atoms with Crippen LogP contribution in [0.25, 0.3) is 0 Å². The van der Waals surface area contributed by atoms with Crippen molar-refractivity contribution in [3.8, 4) is 11.5 Å². The molecular formula is C13H14N2O3S3. The number of carbonyl (C=O) groups excluding carboxylic acids is 1. The van der Waals surface area contributed by atoms with Crippen molar-refractivity contribution in [2.45, 2.75) is 22.0 Å². The molecule has 0 radical (unpaired) electrons. The van der Waals surface area contributed by atoms with Crippen LogP contribution in [-0.2, 0) is 0 Å². The summed E-state index contributed by atoms with van der Waals surface area (Å²) in [6, 6.07) is 3.95. The second-order valence-corrected chi connectivity index (χ2v) is 7.64. The number of phenolic OH excluding ortho intramolecular Hbond substituents is 2. The number of aromatic hydroxyl groups is 2. The van der Waals surface area contributed by atoms with Crippen LogP contribution in [0.1, 0.15) is 23.7 Å². The van der Waals surface area contributed by atoms with Crippen LogP contribution in [0.15, 0.2) is 26.9 Å². The van der Waals surface area contributed by atoms with E-state index in [0.29, 0.717) is 0 Å². The molecule has 2 aromatic rings. The number of benzene rings is 1. The molecule has 0 aliphatic heterocycles. The second-order valence-electron chi connectivity index (χ2n) is 4.10. The van der Waals surface area contributed by atoms with Crippen LogP contribution in [0.5, 0.6) is 11.5 Å². The monoisotopic (exact) mass is 342 g/mol. The van der Waals surface area contributed by atoms with E-state index < -0.39 is 0 Å². The minimum Gasteiger partial charge on any atom is -0.508 e. The Morgan fingerprint density at radius 3 is 2.62 bits per heavy atom. The first kappa shape index (κ1) is 16.1. The van der Waals surface area contributed by atoms with E-state index in [2.05, 4.69) is 17.1 Å². The maximum atomic E-state index is 12.0. The van der Waals surface area contributed by atoms with Gasteiger partial charge in [0.25, 0.3) is 0 Å². The molecule has 0 atom stereocenters. The van der Waals surface area contributed by atoms with Crippen molar-refractivity contribution in [3.63, 3.8) is 0 Å². The van der Waals surface area contributed by atoms with Gasteiger partial charge in [-0.15, -0.1) is 10.2 Å². The van der Waals surface area contributed by atoms with Gasteiger partial charge in [0.2, 0.25) is 0 Å². The first-order valence-corrected chi connectivity index (χ1v) is 9.03. The molecule has 112 valence electrons. The Balaban J connectivity index is 1.93. The molecule has 0 spiro atoms. The molecule has 0 bridgehead atoms. The lowest BCUT2D eigenvalue weighted by Crippen LogP contribution is -2.02. The van der Waals surface area contributed by atoms with Gasteiger partial charge in [0.15, 0.2) is 14.5 Å². The summed E-state index contributed by atoms with van der Waals surface area (Å²) in [7, 11) is 0. The fourth-order valence-electron chi connectivity index (χ4n) is 1.46. The fraction of sp³-hybridized carbons (Fsp3) is 0.308. The zero-order valence-electron chi connectivity index (χ0n) is 11.3. The van der Waals surface area contributed by atoms with E-state index in [0.717, 1.165) is 26.9 Å². The highest BCUT2D eigenvalue weighted by Crippen LogP contribution is 2.30. The van der Waals surface area contributed by atoms with E-state index in [4.69, 9.17) is 0 Å². The van der Waals surface area contributed by atoms with Gasteiger partial charge in [0, 0.05) is 11.8 Å². The molecule has 0 amide bonds. The molecule has 2 rings (SSSR count). The Hall–Kier alpha value is -1.25. The van der Waals surface area contributed by atoms with Gasteiger partial charge in [0.1, 0.15) is 11.5 Å². The van der Waals surface area contributed by atoms with E-state index in [1.54, 1.807) is 11.8 Å². The number of rotatable bonds is 7. The number of nitrogens with zero attached hydrogens (tertiary/aromatic N) is 2. The molecule has 0 unspecified atom stereocenters. The lowest BCUT2D eigenvalue weighted by Gasteiger charge is -2.03. The van der Waals surface area contributed by atoms with Gasteiger partial charge in [-0.25, -0.2) is 0 Å². The van der Waals surface area contributed by atoms with Gasteiger partial charge >= 0.3 is 0 Å². The smallest absolute Gasteiger partial charge is 0.176 e. The van der Waals surface area contributed by atoms with Crippen molar-refractivity contribution < 1.29 is 15.0 Å². The number of phenols is 2. The molecule has 1 heterocycles. The standard InChI is InChI=1S/C13H14N2O3S3/c1-2-5-19-12-14-15-13(21-12)20-7-11(18)9-4-3-8(16)6-10(9)17/h3-4,6,16-17H,2,5,7H2,1H3. The summed E-state index contributed by atoms with van der Waals surface area (Å²) in [5, 5.41) is 26.9. The third-order valence-corrected chi connectivity index (χ3v) is 5.82. The highest BCUT2D eigenvalue weighted by molar-refractivity contribution is 8.03. The van der Waals surface area contributed by atoms with Gasteiger partial charge in [-0.05, 0) is 18.6 Å². The molecule has 0 aliphatic carbocycles. The van der Waals surface area contributed by atoms with Crippen molar-refractivity contribution >= 4 is 40.6 Å². The average Bonchev–Trinajstić information content (AvgIpc) is 2.90. The summed E-state index contributed by atoms with van der Waals surface area (Å²) in [6.45, 7) is 2.10. The van der Waals surface area contributed by atoms with E-state index in [9.17, 15) is 15.0 Å². The second kappa shape index (κ2) is 7.67. The van der Waals surface area contributed by atoms with Crippen molar-refractivity contribution in [2.75, 3.05) is 11.5 Å². The van der Waals surface area contributed by atoms with Crippen LogP contribution >= 0.6 is 34.9 Å². The number of carbonyl (C=O) groups is 1. The summed E-state index contributed by atoms with van der Waals surface area (Å²) in [5.41, 5.74) is 0.199.